The number of rotatable bonds is 10. The van der Waals surface area contributed by atoms with E-state index in [0.29, 0.717) is 12.1 Å². The second-order valence-corrected chi connectivity index (χ2v) is 9.35. The molecule has 4 heteroatoms. The van der Waals surface area contributed by atoms with Crippen LogP contribution in [0.2, 0.25) is 0 Å². The highest BCUT2D eigenvalue weighted by Gasteiger charge is 2.29. The van der Waals surface area contributed by atoms with Crippen LogP contribution < -0.4 is 10.6 Å². The van der Waals surface area contributed by atoms with Gasteiger partial charge in [0.15, 0.2) is 0 Å². The molecule has 2 aromatic heterocycles. The fourth-order valence-electron chi connectivity index (χ4n) is 4.63. The van der Waals surface area contributed by atoms with Gasteiger partial charge in [0.25, 0.3) is 0 Å². The summed E-state index contributed by atoms with van der Waals surface area (Å²) < 4.78 is 10.7. The summed E-state index contributed by atoms with van der Waals surface area (Å²) in [5, 5.41) is 9.25. The van der Waals surface area contributed by atoms with Crippen LogP contribution in [-0.2, 0) is 12.8 Å². The van der Waals surface area contributed by atoms with Crippen molar-refractivity contribution in [1.82, 2.24) is 10.6 Å². The second kappa shape index (κ2) is 14.1. The summed E-state index contributed by atoms with van der Waals surface area (Å²) in [6.07, 6.45) is 12.3. The third kappa shape index (κ3) is 7.98. The lowest BCUT2D eigenvalue weighted by molar-refractivity contribution is 0.498. The zero-order valence-corrected chi connectivity index (χ0v) is 22.3. The Bertz CT molecular complexity index is 1130. The topological polar surface area (TPSA) is 50.3 Å². The maximum atomic E-state index is 5.35. The highest BCUT2D eigenvalue weighted by Crippen LogP contribution is 2.34. The van der Waals surface area contributed by atoms with E-state index in [4.69, 9.17) is 8.83 Å². The molecule has 2 atom stereocenters. The molecule has 1 aliphatic rings. The van der Waals surface area contributed by atoms with Crippen LogP contribution in [0.15, 0.2) is 69.9 Å². The van der Waals surface area contributed by atoms with E-state index in [2.05, 4.69) is 68.1 Å². The normalized spacial score (nSPS) is 14.7. The molecule has 5 rings (SSSR count). The first-order chi connectivity index (χ1) is 17.2. The third-order valence-corrected chi connectivity index (χ3v) is 6.85. The van der Waals surface area contributed by atoms with E-state index in [9.17, 15) is 0 Å². The van der Waals surface area contributed by atoms with Crippen molar-refractivity contribution in [3.05, 3.63) is 72.2 Å². The van der Waals surface area contributed by atoms with Crippen molar-refractivity contribution in [3.63, 3.8) is 0 Å². The van der Waals surface area contributed by atoms with E-state index in [1.54, 1.807) is 12.5 Å². The summed E-state index contributed by atoms with van der Waals surface area (Å²) in [5.74, 6) is 0.894. The Morgan fingerprint density at radius 2 is 1.37 bits per heavy atom. The predicted molar refractivity (Wildman–Crippen MR) is 149 cm³/mol. The highest BCUT2D eigenvalue weighted by molar-refractivity contribution is 5.78. The van der Waals surface area contributed by atoms with Crippen molar-refractivity contribution in [2.45, 2.75) is 77.8 Å². The van der Waals surface area contributed by atoms with Gasteiger partial charge in [-0.3, -0.25) is 0 Å². The van der Waals surface area contributed by atoms with Crippen molar-refractivity contribution in [1.29, 1.82) is 0 Å². The van der Waals surface area contributed by atoms with Crippen molar-refractivity contribution >= 4 is 21.9 Å². The van der Waals surface area contributed by atoms with Gasteiger partial charge in [0.2, 0.25) is 0 Å². The van der Waals surface area contributed by atoms with Gasteiger partial charge >= 0.3 is 0 Å². The minimum atomic E-state index is 0.583. The summed E-state index contributed by atoms with van der Waals surface area (Å²) >= 11 is 0. The average Bonchev–Trinajstić information content (AvgIpc) is 3.45. The lowest BCUT2D eigenvalue weighted by Crippen LogP contribution is -2.29. The maximum Gasteiger partial charge on any atom is 0.133 e. The number of furan rings is 2. The first-order valence-electron chi connectivity index (χ1n) is 13.5. The van der Waals surface area contributed by atoms with Crippen LogP contribution in [-0.4, -0.2) is 26.2 Å². The lowest BCUT2D eigenvalue weighted by atomic mass is 10.0. The third-order valence-electron chi connectivity index (χ3n) is 6.85. The van der Waals surface area contributed by atoms with E-state index < -0.39 is 0 Å². The summed E-state index contributed by atoms with van der Waals surface area (Å²) in [7, 11) is 4.12. The number of nitrogens with one attached hydrogen (secondary N) is 2. The molecule has 2 unspecified atom stereocenters. The minimum absolute atomic E-state index is 0.583. The summed E-state index contributed by atoms with van der Waals surface area (Å²) in [6, 6.07) is 18.2. The molecule has 2 aromatic carbocycles. The fraction of sp³-hybridized carbons (Fsp3) is 0.484. The molecule has 0 spiro atoms. The van der Waals surface area contributed by atoms with Crippen LogP contribution in [0, 0.1) is 5.92 Å². The Morgan fingerprint density at radius 3 is 1.86 bits per heavy atom. The van der Waals surface area contributed by atoms with Crippen LogP contribution in [0.3, 0.4) is 0 Å². The molecule has 1 aliphatic carbocycles. The molecule has 4 nitrogen and oxygen atoms in total. The molecule has 0 bridgehead atoms. The molecule has 190 valence electrons. The first kappa shape index (κ1) is 27.0. The van der Waals surface area contributed by atoms with Crippen LogP contribution in [0.1, 0.15) is 64.0 Å². The Morgan fingerprint density at radius 1 is 0.800 bits per heavy atom. The van der Waals surface area contributed by atoms with Gasteiger partial charge in [-0.1, -0.05) is 45.7 Å². The Labute approximate surface area is 211 Å². The minimum Gasteiger partial charge on any atom is -0.464 e. The standard InChI is InChI=1S/C15H21NO.C14H17NO.C2H6/c1-3-4-5-14(16-2)11-12-6-7-15-13(10-12)8-9-17-15;1-15-13(11-3-4-11)9-10-2-5-14-12(8-10)6-7-16-14;1-2/h6-10,14,16H,3-5,11H2,1-2H3;2,5-8,11,13,15H,3-4,9H2,1H3;1-2H3. The number of unbranched alkanes of at least 4 members (excludes halogenated alkanes) is 1. The van der Waals surface area contributed by atoms with E-state index in [1.165, 1.54) is 54.0 Å². The number of hydrogen-bond donors (Lipinski definition) is 2. The average molecular weight is 477 g/mol. The van der Waals surface area contributed by atoms with Gasteiger partial charge in [0.1, 0.15) is 11.2 Å². The number of hydrogen-bond acceptors (Lipinski definition) is 4. The van der Waals surface area contributed by atoms with Gasteiger partial charge in [-0.25, -0.2) is 0 Å². The highest BCUT2D eigenvalue weighted by atomic mass is 16.3. The van der Waals surface area contributed by atoms with Crippen LogP contribution in [0.5, 0.6) is 0 Å². The smallest absolute Gasteiger partial charge is 0.133 e. The van der Waals surface area contributed by atoms with Gasteiger partial charge in [0, 0.05) is 22.9 Å². The van der Waals surface area contributed by atoms with Crippen LogP contribution in [0.4, 0.5) is 0 Å². The molecule has 0 aliphatic heterocycles. The second-order valence-electron chi connectivity index (χ2n) is 9.35. The van der Waals surface area contributed by atoms with E-state index in [-0.39, 0.29) is 0 Å². The van der Waals surface area contributed by atoms with E-state index >= 15 is 0 Å². The van der Waals surface area contributed by atoms with Crippen LogP contribution in [0.25, 0.3) is 21.9 Å². The zero-order chi connectivity index (χ0) is 25.0. The van der Waals surface area contributed by atoms with E-state index in [0.717, 1.165) is 29.9 Å². The molecule has 35 heavy (non-hydrogen) atoms. The Balaban J connectivity index is 0.000000183. The first-order valence-corrected chi connectivity index (χ1v) is 13.5. The molecule has 2 heterocycles. The molecular weight excluding hydrogens is 432 g/mol. The number of likely N-dealkylation sites (N-methyl/N-ethyl adjacent to an activating group) is 2. The molecule has 1 fully saturated rings. The molecule has 2 N–H and O–H groups in total. The van der Waals surface area contributed by atoms with Crippen molar-refractivity contribution in [2.24, 2.45) is 5.92 Å². The van der Waals surface area contributed by atoms with Gasteiger partial charge in [-0.15, -0.1) is 0 Å². The van der Waals surface area contributed by atoms with Gasteiger partial charge in [0.05, 0.1) is 12.5 Å². The molecule has 0 amide bonds. The number of benzene rings is 2. The summed E-state index contributed by atoms with van der Waals surface area (Å²) in [6.45, 7) is 6.24. The molecule has 0 radical (unpaired) electrons. The monoisotopic (exact) mass is 476 g/mol. The van der Waals surface area contributed by atoms with Gasteiger partial charge < -0.3 is 19.5 Å². The SMILES string of the molecule is CC.CCCCC(Cc1ccc2occc2c1)NC.CNC(Cc1ccc2occc2c1)C1CC1. The maximum absolute atomic E-state index is 5.35. The largest absolute Gasteiger partial charge is 0.464 e. The molecule has 1 saturated carbocycles. The predicted octanol–water partition coefficient (Wildman–Crippen LogP) is 7.75. The lowest BCUT2D eigenvalue weighted by Gasteiger charge is -2.15. The summed E-state index contributed by atoms with van der Waals surface area (Å²) in [4.78, 5) is 0. The van der Waals surface area contributed by atoms with Crippen molar-refractivity contribution in [2.75, 3.05) is 14.1 Å². The zero-order valence-electron chi connectivity index (χ0n) is 22.3. The van der Waals surface area contributed by atoms with Crippen LogP contribution >= 0.6 is 0 Å². The van der Waals surface area contributed by atoms with Gasteiger partial charge in [-0.2, -0.15) is 0 Å². The quantitative estimate of drug-likeness (QED) is 0.246. The molecular formula is C31H44N2O2. The number of fused-ring (bicyclic) bond motifs is 2. The Hall–Kier alpha value is -2.56. The van der Waals surface area contributed by atoms with E-state index in [1.807, 2.05) is 26.0 Å². The Kier molecular flexibility index (Phi) is 10.9. The summed E-state index contributed by atoms with van der Waals surface area (Å²) in [5.41, 5.74) is 4.74. The molecule has 4 aromatic rings. The molecule has 0 saturated heterocycles. The van der Waals surface area contributed by atoms with Crippen molar-refractivity contribution < 1.29 is 8.83 Å². The van der Waals surface area contributed by atoms with Crippen molar-refractivity contribution in [3.8, 4) is 0 Å². The fourth-order valence-corrected chi connectivity index (χ4v) is 4.63. The van der Waals surface area contributed by atoms with Gasteiger partial charge in [-0.05, 0) is 99.6 Å².